The number of rotatable bonds is 9. The molecule has 0 bridgehead atoms. The minimum atomic E-state index is -0.740. The van der Waals surface area contributed by atoms with Crippen LogP contribution in [0.4, 0.5) is 0 Å². The fourth-order valence-corrected chi connectivity index (χ4v) is 4.64. The molecule has 26 heavy (non-hydrogen) atoms. The van der Waals surface area contributed by atoms with E-state index in [1.807, 2.05) is 0 Å². The second-order valence-electron chi connectivity index (χ2n) is 6.08. The number of unbranched alkanes of at least 4 members (excludes halogenated alkanes) is 5. The van der Waals surface area contributed by atoms with E-state index >= 15 is 0 Å². The van der Waals surface area contributed by atoms with Crippen LogP contribution in [-0.4, -0.2) is 54.4 Å². The molecule has 0 aromatic carbocycles. The van der Waals surface area contributed by atoms with Crippen LogP contribution in [-0.2, 0) is 9.59 Å². The maximum absolute atomic E-state index is 10.1. The zero-order chi connectivity index (χ0) is 20.3. The Hall–Kier alpha value is 0.680. The summed E-state index contributed by atoms with van der Waals surface area (Å²) >= 11 is 35.3. The summed E-state index contributed by atoms with van der Waals surface area (Å²) in [6, 6.07) is 0. The molecule has 1 fully saturated rings. The quantitative estimate of drug-likeness (QED) is 0.309. The molecule has 1 aliphatic rings. The summed E-state index contributed by atoms with van der Waals surface area (Å²) in [5.74, 6) is -1.48. The Bertz CT molecular complexity index is 347. The standard InChI is InChI=1S/C10H18O4.C6H6Cl6/c11-9(12)7-5-3-1-2-4-6-8-10(13)14;7-1-2(8)4(10)6(12)5(11)3(1)9/h1-8H2,(H,11,12)(H,13,14);1-6H. The lowest BCUT2D eigenvalue weighted by atomic mass is 9.97. The van der Waals surface area contributed by atoms with Crippen molar-refractivity contribution >= 4 is 81.5 Å². The molecule has 0 saturated heterocycles. The molecule has 0 unspecified atom stereocenters. The van der Waals surface area contributed by atoms with Crippen LogP contribution in [0.3, 0.4) is 0 Å². The number of halogens is 6. The first kappa shape index (κ1) is 26.7. The van der Waals surface area contributed by atoms with E-state index in [1.54, 1.807) is 0 Å². The molecule has 4 nitrogen and oxygen atoms in total. The monoisotopic (exact) mass is 490 g/mol. The molecule has 0 radical (unpaired) electrons. The molecule has 0 atom stereocenters. The van der Waals surface area contributed by atoms with Gasteiger partial charge >= 0.3 is 11.9 Å². The van der Waals surface area contributed by atoms with Crippen molar-refractivity contribution in [1.82, 2.24) is 0 Å². The molecule has 0 aromatic rings. The van der Waals surface area contributed by atoms with E-state index in [9.17, 15) is 9.59 Å². The van der Waals surface area contributed by atoms with E-state index in [2.05, 4.69) is 0 Å². The van der Waals surface area contributed by atoms with E-state index in [0.717, 1.165) is 38.5 Å². The minimum Gasteiger partial charge on any atom is -0.481 e. The van der Waals surface area contributed by atoms with Gasteiger partial charge in [-0.15, -0.1) is 69.6 Å². The number of carboxylic acids is 2. The molecule has 1 aliphatic carbocycles. The van der Waals surface area contributed by atoms with Crippen LogP contribution in [0, 0.1) is 0 Å². The lowest BCUT2D eigenvalue weighted by molar-refractivity contribution is -0.138. The third-order valence-electron chi connectivity index (χ3n) is 3.86. The largest absolute Gasteiger partial charge is 0.481 e. The minimum absolute atomic E-state index is 0.245. The Kier molecular flexibility index (Phi) is 15.0. The van der Waals surface area contributed by atoms with Crippen molar-refractivity contribution < 1.29 is 19.8 Å². The highest BCUT2D eigenvalue weighted by Crippen LogP contribution is 2.39. The molecule has 0 aliphatic heterocycles. The highest BCUT2D eigenvalue weighted by atomic mass is 35.5. The van der Waals surface area contributed by atoms with Gasteiger partial charge in [-0.25, -0.2) is 0 Å². The highest BCUT2D eigenvalue weighted by Gasteiger charge is 2.46. The van der Waals surface area contributed by atoms with E-state index in [-0.39, 0.29) is 12.8 Å². The van der Waals surface area contributed by atoms with Crippen molar-refractivity contribution in [2.24, 2.45) is 0 Å². The Morgan fingerprint density at radius 1 is 0.500 bits per heavy atom. The molecular weight excluding hydrogens is 469 g/mol. The Morgan fingerprint density at radius 3 is 0.885 bits per heavy atom. The zero-order valence-electron chi connectivity index (χ0n) is 14.1. The van der Waals surface area contributed by atoms with Gasteiger partial charge in [0, 0.05) is 12.8 Å². The van der Waals surface area contributed by atoms with Gasteiger partial charge in [0.25, 0.3) is 0 Å². The molecule has 0 heterocycles. The van der Waals surface area contributed by atoms with Crippen LogP contribution >= 0.6 is 69.6 Å². The predicted octanol–water partition coefficient (Wildman–Crippen LogP) is 5.92. The molecule has 10 heteroatoms. The van der Waals surface area contributed by atoms with E-state index in [1.165, 1.54) is 0 Å². The van der Waals surface area contributed by atoms with Gasteiger partial charge in [0.15, 0.2) is 0 Å². The van der Waals surface area contributed by atoms with Gasteiger partial charge in [-0.05, 0) is 12.8 Å². The van der Waals surface area contributed by atoms with Crippen molar-refractivity contribution in [1.29, 1.82) is 0 Å². The number of hydrogen-bond donors (Lipinski definition) is 2. The fourth-order valence-electron chi connectivity index (χ4n) is 2.31. The molecule has 0 amide bonds. The molecule has 1 saturated carbocycles. The summed E-state index contributed by atoms with van der Waals surface area (Å²) in [6.07, 6.45) is 5.82. The van der Waals surface area contributed by atoms with E-state index in [0.29, 0.717) is 0 Å². The maximum atomic E-state index is 10.1. The molecule has 1 rings (SSSR count). The van der Waals surface area contributed by atoms with Gasteiger partial charge in [-0.1, -0.05) is 25.7 Å². The third-order valence-corrected chi connectivity index (χ3v) is 7.89. The van der Waals surface area contributed by atoms with Crippen molar-refractivity contribution in [3.8, 4) is 0 Å². The normalized spacial score (nSPS) is 31.0. The van der Waals surface area contributed by atoms with Crippen LogP contribution in [0.2, 0.25) is 0 Å². The zero-order valence-corrected chi connectivity index (χ0v) is 18.6. The summed E-state index contributed by atoms with van der Waals surface area (Å²) in [6.45, 7) is 0. The van der Waals surface area contributed by atoms with Crippen molar-refractivity contribution in [3.63, 3.8) is 0 Å². The fraction of sp³-hybridized carbons (Fsp3) is 0.875. The SMILES string of the molecule is ClC1C(Cl)C(Cl)C(Cl)C(Cl)C1Cl.O=C(O)CCCCCCCCC(=O)O. The molecular formula is C16H24Cl6O4. The first-order valence-corrected chi connectivity index (χ1v) is 11.0. The van der Waals surface area contributed by atoms with Crippen LogP contribution in [0.15, 0.2) is 0 Å². The summed E-state index contributed by atoms with van der Waals surface area (Å²) in [7, 11) is 0. The van der Waals surface area contributed by atoms with Gasteiger partial charge in [-0.3, -0.25) is 9.59 Å². The summed E-state index contributed by atoms with van der Waals surface area (Å²) < 4.78 is 0. The maximum Gasteiger partial charge on any atom is 0.303 e. The second-order valence-corrected chi connectivity index (χ2v) is 9.10. The average molecular weight is 493 g/mol. The van der Waals surface area contributed by atoms with Crippen molar-refractivity contribution in [2.45, 2.75) is 83.6 Å². The van der Waals surface area contributed by atoms with E-state index < -0.39 is 44.2 Å². The summed E-state index contributed by atoms with van der Waals surface area (Å²) in [5.41, 5.74) is 0. The van der Waals surface area contributed by atoms with Gasteiger partial charge in [0.1, 0.15) is 0 Å². The van der Waals surface area contributed by atoms with Crippen molar-refractivity contribution in [3.05, 3.63) is 0 Å². The Labute approximate surface area is 184 Å². The van der Waals surface area contributed by atoms with Crippen LogP contribution in [0.1, 0.15) is 51.4 Å². The first-order valence-electron chi connectivity index (χ1n) is 8.37. The third kappa shape index (κ3) is 10.9. The van der Waals surface area contributed by atoms with Gasteiger partial charge in [0.05, 0.1) is 32.3 Å². The van der Waals surface area contributed by atoms with Crippen LogP contribution < -0.4 is 0 Å². The number of alkyl halides is 6. The number of carboxylic acid groups (broad SMARTS) is 2. The smallest absolute Gasteiger partial charge is 0.303 e. The Morgan fingerprint density at radius 2 is 0.692 bits per heavy atom. The lowest BCUT2D eigenvalue weighted by Crippen LogP contribution is -2.52. The van der Waals surface area contributed by atoms with Gasteiger partial charge in [0.2, 0.25) is 0 Å². The lowest BCUT2D eigenvalue weighted by Gasteiger charge is -2.37. The topological polar surface area (TPSA) is 74.6 Å². The number of hydrogen-bond acceptors (Lipinski definition) is 2. The van der Waals surface area contributed by atoms with E-state index in [4.69, 9.17) is 79.8 Å². The predicted molar refractivity (Wildman–Crippen MR) is 110 cm³/mol. The average Bonchev–Trinajstić information content (AvgIpc) is 2.59. The Balaban J connectivity index is 0.000000485. The molecule has 0 aromatic heterocycles. The molecule has 154 valence electrons. The number of carbonyl (C=O) groups is 2. The second kappa shape index (κ2) is 14.6. The molecule has 2 N–H and O–H groups in total. The van der Waals surface area contributed by atoms with Gasteiger partial charge in [-0.2, -0.15) is 0 Å². The summed E-state index contributed by atoms with van der Waals surface area (Å²) in [5, 5.41) is 14.1. The van der Waals surface area contributed by atoms with Crippen LogP contribution in [0.5, 0.6) is 0 Å². The van der Waals surface area contributed by atoms with Gasteiger partial charge < -0.3 is 10.2 Å². The summed E-state index contributed by atoms with van der Waals surface area (Å²) in [4.78, 5) is 20.3. The first-order chi connectivity index (χ1) is 12.1. The highest BCUT2D eigenvalue weighted by molar-refractivity contribution is 6.45. The van der Waals surface area contributed by atoms with Crippen molar-refractivity contribution in [2.75, 3.05) is 0 Å². The molecule has 0 spiro atoms. The number of aliphatic carboxylic acids is 2. The van der Waals surface area contributed by atoms with Crippen LogP contribution in [0.25, 0.3) is 0 Å².